The van der Waals surface area contributed by atoms with E-state index in [4.69, 9.17) is 37.3 Å². The van der Waals surface area contributed by atoms with Crippen molar-refractivity contribution in [1.29, 1.82) is 0 Å². The fraction of sp³-hybridized carbons (Fsp3) is 0.875. The molecule has 0 spiro atoms. The molecule has 10 nitrogen and oxygen atoms in total. The van der Waals surface area contributed by atoms with Crippen molar-refractivity contribution < 1.29 is 46.9 Å². The number of rotatable bonds is 12. The van der Waals surface area contributed by atoms with Gasteiger partial charge in [-0.25, -0.2) is 0 Å². The first-order chi connectivity index (χ1) is 20.0. The average molecular weight is 661 g/mol. The van der Waals surface area contributed by atoms with Crippen molar-refractivity contribution in [2.24, 2.45) is 0 Å². The van der Waals surface area contributed by atoms with Crippen LogP contribution in [0.15, 0.2) is 12.2 Å². The largest absolute Gasteiger partial charge is 0.457 e. The van der Waals surface area contributed by atoms with E-state index in [1.807, 2.05) is 26.0 Å². The maximum absolute atomic E-state index is 11.8. The van der Waals surface area contributed by atoms with Gasteiger partial charge in [0.25, 0.3) is 0 Å². The molecule has 8 atom stereocenters. The van der Waals surface area contributed by atoms with Crippen molar-refractivity contribution in [3.05, 3.63) is 12.2 Å². The Morgan fingerprint density at radius 3 is 1.27 bits per heavy atom. The summed E-state index contributed by atoms with van der Waals surface area (Å²) in [5.41, 5.74) is 0. The second-order valence-electron chi connectivity index (χ2n) is 15.1. The van der Waals surface area contributed by atoms with E-state index in [1.165, 1.54) is 13.8 Å². The molecule has 0 aromatic carbocycles. The molecule has 0 N–H and O–H groups in total. The highest BCUT2D eigenvalue weighted by Crippen LogP contribution is 2.41. The predicted octanol–water partition coefficient (Wildman–Crippen LogP) is 6.49. The Bertz CT molecular complexity index is 895. The Labute approximate surface area is 268 Å². The number of esters is 2. The van der Waals surface area contributed by atoms with Crippen molar-refractivity contribution >= 4 is 28.6 Å². The first-order valence-corrected chi connectivity index (χ1v) is 21.7. The summed E-state index contributed by atoms with van der Waals surface area (Å²) in [4.78, 5) is 23.6. The van der Waals surface area contributed by atoms with Gasteiger partial charge < -0.3 is 37.3 Å². The molecule has 0 aromatic rings. The summed E-state index contributed by atoms with van der Waals surface area (Å²) in [6.45, 7) is 29.1. The second kappa shape index (κ2) is 15.6. The van der Waals surface area contributed by atoms with Crippen LogP contribution in [0.5, 0.6) is 0 Å². The summed E-state index contributed by atoms with van der Waals surface area (Å²) in [5, 5.41) is 0.0129. The predicted molar refractivity (Wildman–Crippen MR) is 174 cm³/mol. The highest BCUT2D eigenvalue weighted by molar-refractivity contribution is 6.74. The third-order valence-electron chi connectivity index (χ3n) is 9.27. The maximum Gasteiger partial charge on any atom is 0.303 e. The van der Waals surface area contributed by atoms with E-state index in [0.29, 0.717) is 26.1 Å². The van der Waals surface area contributed by atoms with Gasteiger partial charge in [0.05, 0.1) is 37.6 Å². The molecule has 2 heterocycles. The second-order valence-corrected chi connectivity index (χ2v) is 24.6. The minimum atomic E-state index is -2.13. The van der Waals surface area contributed by atoms with E-state index >= 15 is 0 Å². The van der Waals surface area contributed by atoms with Crippen molar-refractivity contribution in [3.63, 3.8) is 0 Å². The van der Waals surface area contributed by atoms with E-state index in [0.717, 1.165) is 0 Å². The van der Waals surface area contributed by atoms with Gasteiger partial charge in [0.2, 0.25) is 0 Å². The quantitative estimate of drug-likeness (QED) is 0.131. The number of carbonyl (C=O) groups excluding carboxylic acids is 2. The molecular formula is C32H60O10Si2. The van der Waals surface area contributed by atoms with Crippen LogP contribution in [0, 0.1) is 0 Å². The van der Waals surface area contributed by atoms with Crippen LogP contribution in [0.25, 0.3) is 0 Å². The Hall–Kier alpha value is -1.13. The van der Waals surface area contributed by atoms with Crippen LogP contribution in [0.2, 0.25) is 36.3 Å². The molecule has 0 aliphatic carbocycles. The SMILES string of the molecule is CC(=O)O[C@H]1[C@H](C)O[C@@H](OC/C=C/CO[C@H]2C[C@H](O[Si](C)(C)C(C)(C)C)[C@@H](OC(C)=O)[C@H](C)O2)C[C@@H]1O[Si](C)(C)C(C)(C)C. The Morgan fingerprint density at radius 1 is 0.682 bits per heavy atom. The molecule has 2 fully saturated rings. The number of carbonyl (C=O) groups is 2. The Balaban J connectivity index is 1.95. The minimum Gasteiger partial charge on any atom is -0.457 e. The summed E-state index contributed by atoms with van der Waals surface area (Å²) in [5.74, 6) is -0.708. The zero-order valence-corrected chi connectivity index (χ0v) is 31.7. The van der Waals surface area contributed by atoms with Crippen molar-refractivity contribution in [2.45, 2.75) is 168 Å². The lowest BCUT2D eigenvalue weighted by Gasteiger charge is -2.45. The smallest absolute Gasteiger partial charge is 0.303 e. The topological polar surface area (TPSA) is 108 Å². The molecule has 0 saturated carbocycles. The van der Waals surface area contributed by atoms with E-state index in [2.05, 4.69) is 67.7 Å². The monoisotopic (exact) mass is 660 g/mol. The standard InChI is InChI=1S/C32H60O10Si2/c1-21-29(39-23(3)33)25(41-43(11,12)31(5,6)7)19-27(37-21)35-17-15-16-18-36-28-20-26(42-44(13,14)32(8,9)10)30(22(2)38-28)40-24(4)34/h15-16,21-22,25-30H,17-20H2,1-14H3/b16-15+/t21-,22-,25-,26-,27+,28+,29-,30-/m0/s1. The Morgan fingerprint density at radius 2 is 1.00 bits per heavy atom. The van der Waals surface area contributed by atoms with E-state index < -0.39 is 41.4 Å². The molecular weight excluding hydrogens is 601 g/mol. The number of ether oxygens (including phenoxy) is 6. The van der Waals surface area contributed by atoms with E-state index in [9.17, 15) is 9.59 Å². The molecule has 12 heteroatoms. The third kappa shape index (κ3) is 11.3. The van der Waals surface area contributed by atoms with Crippen LogP contribution >= 0.6 is 0 Å². The number of hydrogen-bond acceptors (Lipinski definition) is 10. The number of hydrogen-bond donors (Lipinski definition) is 0. The molecule has 0 bridgehead atoms. The van der Waals surface area contributed by atoms with Gasteiger partial charge in [0.15, 0.2) is 41.4 Å². The molecule has 44 heavy (non-hydrogen) atoms. The fourth-order valence-corrected chi connectivity index (χ4v) is 7.42. The first kappa shape index (κ1) is 39.1. The fourth-order valence-electron chi connectivity index (χ4n) is 4.74. The minimum absolute atomic E-state index is 0.00644. The lowest BCUT2D eigenvalue weighted by molar-refractivity contribution is -0.247. The molecule has 0 amide bonds. The van der Waals surface area contributed by atoms with Crippen LogP contribution in [0.3, 0.4) is 0 Å². The molecule has 0 unspecified atom stereocenters. The van der Waals surface area contributed by atoms with Gasteiger partial charge in [0, 0.05) is 26.7 Å². The van der Waals surface area contributed by atoms with Crippen LogP contribution in [0.4, 0.5) is 0 Å². The molecule has 256 valence electrons. The van der Waals surface area contributed by atoms with E-state index in [1.54, 1.807) is 0 Å². The molecule has 2 aliphatic rings. The lowest BCUT2D eigenvalue weighted by Crippen LogP contribution is -2.55. The van der Waals surface area contributed by atoms with Gasteiger partial charge in [-0.1, -0.05) is 53.7 Å². The van der Waals surface area contributed by atoms with Crippen LogP contribution in [0.1, 0.15) is 82.1 Å². The highest BCUT2D eigenvalue weighted by Gasteiger charge is 2.47. The summed E-state index contributed by atoms with van der Waals surface area (Å²) in [6.07, 6.45) is 1.34. The molecule has 2 rings (SSSR count). The zero-order chi connectivity index (χ0) is 33.7. The average Bonchev–Trinajstić information content (AvgIpc) is 2.83. The zero-order valence-electron chi connectivity index (χ0n) is 29.7. The van der Waals surface area contributed by atoms with Crippen LogP contribution < -0.4 is 0 Å². The summed E-state index contributed by atoms with van der Waals surface area (Å²) >= 11 is 0. The molecule has 2 saturated heterocycles. The maximum atomic E-state index is 11.8. The summed E-state index contributed by atoms with van der Waals surface area (Å²) < 4.78 is 48.8. The lowest BCUT2D eigenvalue weighted by atomic mass is 10.0. The van der Waals surface area contributed by atoms with Gasteiger partial charge in [-0.3, -0.25) is 9.59 Å². The van der Waals surface area contributed by atoms with Gasteiger partial charge in [-0.2, -0.15) is 0 Å². The normalized spacial score (nSPS) is 30.8. The molecule has 2 aliphatic heterocycles. The van der Waals surface area contributed by atoms with Crippen molar-refractivity contribution in [2.75, 3.05) is 13.2 Å². The van der Waals surface area contributed by atoms with Gasteiger partial charge >= 0.3 is 11.9 Å². The van der Waals surface area contributed by atoms with Gasteiger partial charge in [0.1, 0.15) is 0 Å². The van der Waals surface area contributed by atoms with Crippen molar-refractivity contribution in [1.82, 2.24) is 0 Å². The Kier molecular flexibility index (Phi) is 13.9. The van der Waals surface area contributed by atoms with Crippen LogP contribution in [-0.4, -0.2) is 91.0 Å². The third-order valence-corrected chi connectivity index (χ3v) is 18.3. The van der Waals surface area contributed by atoms with Gasteiger partial charge in [-0.15, -0.1) is 0 Å². The first-order valence-electron chi connectivity index (χ1n) is 15.9. The van der Waals surface area contributed by atoms with E-state index in [-0.39, 0.29) is 46.4 Å². The van der Waals surface area contributed by atoms with Crippen LogP contribution in [-0.2, 0) is 46.9 Å². The van der Waals surface area contributed by atoms with Gasteiger partial charge in [-0.05, 0) is 50.1 Å². The summed E-state index contributed by atoms with van der Waals surface area (Å²) in [7, 11) is -4.26. The molecule has 0 aromatic heterocycles. The highest BCUT2D eigenvalue weighted by atomic mass is 28.4. The summed E-state index contributed by atoms with van der Waals surface area (Å²) in [6, 6.07) is 0. The molecule has 0 radical (unpaired) electrons. The van der Waals surface area contributed by atoms with Crippen molar-refractivity contribution in [3.8, 4) is 0 Å².